The molecule has 1 aliphatic heterocycles. The Bertz CT molecular complexity index is 1580. The number of aliphatic hydroxyl groups is 1. The predicted octanol–water partition coefficient (Wildman–Crippen LogP) is 2.42. The molecule has 0 bridgehead atoms. The fourth-order valence-electron chi connectivity index (χ4n) is 4.43. The van der Waals surface area contributed by atoms with E-state index in [1.807, 2.05) is 0 Å². The van der Waals surface area contributed by atoms with Gasteiger partial charge in [0.2, 0.25) is 27.8 Å². The number of aliphatic hydroxyl groups excluding tert-OH is 1. The highest BCUT2D eigenvalue weighted by atomic mass is 32.2. The quantitative estimate of drug-likeness (QED) is 0.274. The number of allylic oxidation sites excluding steroid dienone is 1. The number of rotatable bonds is 9. The molecule has 0 aliphatic carbocycles. The van der Waals surface area contributed by atoms with Crippen LogP contribution in [-0.2, 0) is 10.0 Å². The number of anilines is 1. The van der Waals surface area contributed by atoms with Crippen molar-refractivity contribution in [2.75, 3.05) is 39.1 Å². The molecule has 1 saturated heterocycles. The van der Waals surface area contributed by atoms with Crippen molar-refractivity contribution in [2.45, 2.75) is 24.7 Å². The highest BCUT2D eigenvalue weighted by Crippen LogP contribution is 2.38. The van der Waals surface area contributed by atoms with Gasteiger partial charge in [-0.15, -0.1) is 10.2 Å². The number of likely N-dealkylation sites (tertiary alicyclic amines) is 1. The topological polar surface area (TPSA) is 166 Å². The van der Waals surface area contributed by atoms with E-state index in [-0.39, 0.29) is 37.2 Å². The summed E-state index contributed by atoms with van der Waals surface area (Å²) in [6.45, 7) is 4.56. The fraction of sp³-hybridized carbons (Fsp3) is 0.346. The number of ether oxygens (including phenoxy) is 3. The van der Waals surface area contributed by atoms with E-state index in [0.717, 1.165) is 6.20 Å². The molecular formula is C26H31FN8O6S. The number of pyridine rings is 1. The molecule has 42 heavy (non-hydrogen) atoms. The summed E-state index contributed by atoms with van der Waals surface area (Å²) in [6, 6.07) is 10.1. The van der Waals surface area contributed by atoms with Crippen LogP contribution < -0.4 is 18.9 Å². The minimum atomic E-state index is -4.23. The maximum atomic E-state index is 13.8. The summed E-state index contributed by atoms with van der Waals surface area (Å²) < 4.78 is 61.2. The van der Waals surface area contributed by atoms with Crippen molar-refractivity contribution < 1.29 is 32.1 Å². The van der Waals surface area contributed by atoms with Crippen LogP contribution in [0.4, 0.5) is 10.3 Å². The zero-order chi connectivity index (χ0) is 30.4. The summed E-state index contributed by atoms with van der Waals surface area (Å²) in [4.78, 5) is 13.6. The van der Waals surface area contributed by atoms with Crippen molar-refractivity contribution in [3.8, 4) is 34.6 Å². The highest BCUT2D eigenvalue weighted by molar-refractivity contribution is 7.93. The van der Waals surface area contributed by atoms with E-state index >= 15 is 0 Å². The van der Waals surface area contributed by atoms with Gasteiger partial charge >= 0.3 is 0 Å². The van der Waals surface area contributed by atoms with Crippen LogP contribution in [0.15, 0.2) is 58.4 Å². The number of sulfonamides is 1. The molecule has 3 heterocycles. The van der Waals surface area contributed by atoms with Gasteiger partial charge in [-0.1, -0.05) is 12.1 Å². The number of piperidine rings is 1. The average Bonchev–Trinajstić information content (AvgIpc) is 3.38. The fourth-order valence-corrected chi connectivity index (χ4v) is 5.83. The van der Waals surface area contributed by atoms with Crippen LogP contribution in [0.1, 0.15) is 13.3 Å². The van der Waals surface area contributed by atoms with E-state index in [0.29, 0.717) is 28.8 Å². The smallest absolute Gasteiger partial charge is 0.243 e. The second-order valence-corrected chi connectivity index (χ2v) is 11.1. The van der Waals surface area contributed by atoms with Crippen molar-refractivity contribution in [3.63, 3.8) is 0 Å². The minimum absolute atomic E-state index is 0.0285. The van der Waals surface area contributed by atoms with Gasteiger partial charge in [-0.2, -0.15) is 0 Å². The van der Waals surface area contributed by atoms with Crippen LogP contribution in [0.2, 0.25) is 0 Å². The van der Waals surface area contributed by atoms with Gasteiger partial charge < -0.3 is 24.2 Å². The largest absolute Gasteiger partial charge is 0.494 e. The molecule has 2 atom stereocenters. The highest BCUT2D eigenvalue weighted by Gasteiger charge is 2.37. The number of halogens is 1. The molecule has 16 heteroatoms. The van der Waals surface area contributed by atoms with Gasteiger partial charge in [0.1, 0.15) is 34.0 Å². The number of guanidine groups is 1. The van der Waals surface area contributed by atoms with Crippen molar-refractivity contribution in [1.29, 1.82) is 0 Å². The Balaban J connectivity index is 1.80. The Morgan fingerprint density at radius 1 is 1.12 bits per heavy atom. The van der Waals surface area contributed by atoms with Crippen LogP contribution in [-0.4, -0.2) is 96.6 Å². The third-order valence-electron chi connectivity index (χ3n) is 6.29. The van der Waals surface area contributed by atoms with Gasteiger partial charge in [-0.3, -0.25) is 9.29 Å². The molecule has 1 aliphatic rings. The van der Waals surface area contributed by atoms with Crippen LogP contribution in [0, 0.1) is 0 Å². The van der Waals surface area contributed by atoms with Crippen LogP contribution >= 0.6 is 0 Å². The Kier molecular flexibility index (Phi) is 9.37. The van der Waals surface area contributed by atoms with E-state index in [9.17, 15) is 17.9 Å². The summed E-state index contributed by atoms with van der Waals surface area (Å²) in [5.41, 5.74) is 0.641. The summed E-state index contributed by atoms with van der Waals surface area (Å²) >= 11 is 0. The van der Waals surface area contributed by atoms with Gasteiger partial charge in [0.15, 0.2) is 5.82 Å². The number of hydrogen-bond donors (Lipinski definition) is 2. The first kappa shape index (κ1) is 30.4. The van der Waals surface area contributed by atoms with Crippen molar-refractivity contribution >= 4 is 28.6 Å². The first-order valence-corrected chi connectivity index (χ1v) is 14.2. The van der Waals surface area contributed by atoms with Crippen LogP contribution in [0.3, 0.4) is 0 Å². The molecule has 0 saturated carbocycles. The third-order valence-corrected chi connectivity index (χ3v) is 7.98. The molecule has 0 radical (unpaired) electrons. The van der Waals surface area contributed by atoms with Gasteiger partial charge in [-0.25, -0.2) is 27.8 Å². The lowest BCUT2D eigenvalue weighted by Gasteiger charge is -2.35. The molecule has 4 rings (SSSR count). The number of β-amino-alcohol motifs (C(OH)–C–C–N with tert-alkyl or cyclic N) is 1. The number of aliphatic imine (C=N–C) groups is 2. The normalized spacial score (nSPS) is 18.0. The van der Waals surface area contributed by atoms with E-state index in [1.54, 1.807) is 36.4 Å². The molecular weight excluding hydrogens is 571 g/mol. The van der Waals surface area contributed by atoms with E-state index in [4.69, 9.17) is 14.2 Å². The molecule has 1 aromatic carbocycles. The average molecular weight is 603 g/mol. The first-order valence-electron chi connectivity index (χ1n) is 12.6. The SMILES string of the molecule is C=N/C(=N\C=C(/C)F)N1C[C@H](O)C[C@H](S(=O)(=O)Nc2nnc(-c3cccc(OC)n3)n2-c2c(OC)cccc2OC)C1. The Labute approximate surface area is 242 Å². The van der Waals surface area contributed by atoms with E-state index < -0.39 is 27.2 Å². The maximum absolute atomic E-state index is 13.8. The Morgan fingerprint density at radius 3 is 2.43 bits per heavy atom. The number of nitrogens with one attached hydrogen (secondary N) is 1. The molecule has 224 valence electrons. The molecule has 1 fully saturated rings. The number of aromatic nitrogens is 4. The van der Waals surface area contributed by atoms with Crippen LogP contribution in [0.5, 0.6) is 17.4 Å². The van der Waals surface area contributed by atoms with E-state index in [1.165, 1.54) is 37.7 Å². The van der Waals surface area contributed by atoms with Gasteiger partial charge in [-0.05, 0) is 38.3 Å². The molecule has 2 aromatic heterocycles. The first-order chi connectivity index (χ1) is 20.1. The number of benzene rings is 1. The molecule has 0 unspecified atom stereocenters. The predicted molar refractivity (Wildman–Crippen MR) is 155 cm³/mol. The summed E-state index contributed by atoms with van der Waals surface area (Å²) in [5.74, 6) is 0.359. The number of para-hydroxylation sites is 1. The Morgan fingerprint density at radius 2 is 1.81 bits per heavy atom. The lowest BCUT2D eigenvalue weighted by Crippen LogP contribution is -2.51. The van der Waals surface area contributed by atoms with E-state index in [2.05, 4.69) is 36.6 Å². The van der Waals surface area contributed by atoms with Crippen molar-refractivity contribution in [2.24, 2.45) is 9.98 Å². The second kappa shape index (κ2) is 12.9. The standard InChI is InChI=1S/C26H31FN8O6S/c1-16(27)13-29-25(28-2)34-14-17(36)12-18(15-34)42(37,38)33-26-32-31-24(19-8-6-11-22(30-19)41-5)35(26)23-20(39-3)9-7-10-21(23)40-4/h6-11,13,17-18,36H,2,12,14-15H2,1,3-5H3,(H,32,33)/b16-13+,29-25+/t17-,18+/m1/s1. The maximum Gasteiger partial charge on any atom is 0.243 e. The molecule has 2 N–H and O–H groups in total. The summed E-state index contributed by atoms with van der Waals surface area (Å²) in [5, 5.41) is 17.8. The monoisotopic (exact) mass is 602 g/mol. The Hall–Kier alpha value is -4.57. The molecule has 0 amide bonds. The summed E-state index contributed by atoms with van der Waals surface area (Å²) in [6.07, 6.45) is -0.208. The lowest BCUT2D eigenvalue weighted by atomic mass is 10.1. The zero-order valence-electron chi connectivity index (χ0n) is 23.4. The van der Waals surface area contributed by atoms with Crippen molar-refractivity contribution in [1.82, 2.24) is 24.6 Å². The molecule has 14 nitrogen and oxygen atoms in total. The van der Waals surface area contributed by atoms with Gasteiger partial charge in [0.25, 0.3) is 0 Å². The lowest BCUT2D eigenvalue weighted by molar-refractivity contribution is 0.104. The number of methoxy groups -OCH3 is 3. The van der Waals surface area contributed by atoms with Crippen LogP contribution in [0.25, 0.3) is 17.2 Å². The summed E-state index contributed by atoms with van der Waals surface area (Å²) in [7, 11) is 0.149. The van der Waals surface area contributed by atoms with Crippen molar-refractivity contribution in [3.05, 3.63) is 48.4 Å². The molecule has 3 aromatic rings. The zero-order valence-corrected chi connectivity index (χ0v) is 24.2. The third kappa shape index (κ3) is 6.49. The second-order valence-electron chi connectivity index (χ2n) is 9.13. The number of hydrogen-bond acceptors (Lipinski definition) is 10. The van der Waals surface area contributed by atoms with Gasteiger partial charge in [0.05, 0.1) is 33.6 Å². The minimum Gasteiger partial charge on any atom is -0.494 e. The number of nitrogens with zero attached hydrogens (tertiary/aromatic N) is 7. The molecule has 0 spiro atoms. The van der Waals surface area contributed by atoms with Gasteiger partial charge in [0, 0.05) is 19.2 Å².